The van der Waals surface area contributed by atoms with Crippen molar-refractivity contribution < 1.29 is 13.5 Å². The lowest BCUT2D eigenvalue weighted by Crippen LogP contribution is -2.44. The van der Waals surface area contributed by atoms with Gasteiger partial charge in [0.25, 0.3) is 5.91 Å². The zero-order chi connectivity index (χ0) is 24.8. The summed E-state index contributed by atoms with van der Waals surface area (Å²) in [5, 5.41) is 14.8. The summed E-state index contributed by atoms with van der Waals surface area (Å²) in [6.45, 7) is 3.95. The van der Waals surface area contributed by atoms with Gasteiger partial charge in [-0.15, -0.1) is 3.89 Å². The smallest absolute Gasteiger partial charge is 0.317 e. The Bertz CT molecular complexity index is 1160. The zero-order valence-corrected chi connectivity index (χ0v) is 20.5. The van der Waals surface area contributed by atoms with Crippen molar-refractivity contribution in [2.24, 2.45) is 0 Å². The average Bonchev–Trinajstić information content (AvgIpc) is 3.34. The van der Waals surface area contributed by atoms with Crippen LogP contribution in [0, 0.1) is 11.3 Å². The predicted octanol–water partition coefficient (Wildman–Crippen LogP) is 5.25. The van der Waals surface area contributed by atoms with Gasteiger partial charge in [-0.25, -0.2) is 13.8 Å². The molecule has 2 N–H and O–H groups in total. The molecule has 0 unspecified atom stereocenters. The minimum atomic E-state index is -0.572. The molecule has 0 spiro atoms. The highest BCUT2D eigenvalue weighted by Gasteiger charge is 2.25. The largest absolute Gasteiger partial charge is 0.338 e. The second-order valence-electron chi connectivity index (χ2n) is 8.79. The summed E-state index contributed by atoms with van der Waals surface area (Å²) in [4.78, 5) is 30.9. The Kier molecular flexibility index (Phi) is 8.08. The van der Waals surface area contributed by atoms with Crippen molar-refractivity contribution in [3.8, 4) is 6.07 Å². The summed E-state index contributed by atoms with van der Waals surface area (Å²) in [5.74, 6) is -0.412. The summed E-state index contributed by atoms with van der Waals surface area (Å²) in [6.07, 6.45) is 9.32. The first-order valence-electron chi connectivity index (χ1n) is 12.0. The predicted molar refractivity (Wildman–Crippen MR) is 134 cm³/mol. The summed E-state index contributed by atoms with van der Waals surface area (Å²) in [7, 11) is 0. The zero-order valence-electron chi connectivity index (χ0n) is 19.7. The van der Waals surface area contributed by atoms with Crippen LogP contribution in [-0.2, 0) is 0 Å². The third-order valence-corrected chi connectivity index (χ3v) is 7.00. The molecule has 0 atom stereocenters. The molecule has 0 saturated carbocycles. The van der Waals surface area contributed by atoms with E-state index in [4.69, 9.17) is 5.26 Å². The number of hydrogen-bond acceptors (Lipinski definition) is 5. The van der Waals surface area contributed by atoms with Crippen LogP contribution in [0.25, 0.3) is 5.57 Å². The van der Waals surface area contributed by atoms with Gasteiger partial charge in [-0.1, -0.05) is 12.1 Å². The summed E-state index contributed by atoms with van der Waals surface area (Å²) in [5.41, 5.74) is 3.96. The molecule has 1 aromatic heterocycles. The number of carbonyl (C=O) groups is 2. The molecule has 4 rings (SSSR count). The van der Waals surface area contributed by atoms with Gasteiger partial charge in [0.1, 0.15) is 6.07 Å². The summed E-state index contributed by atoms with van der Waals surface area (Å²) >= 11 is -0.172. The minimum Gasteiger partial charge on any atom is -0.338 e. The van der Waals surface area contributed by atoms with Gasteiger partial charge < -0.3 is 15.5 Å². The SMILES string of the molecule is CCNC(=O)N1CCC(c2ccc(NC(=O)c3nc(C#N)cn3SF)c(C3=CCCCC3)c2)CC1. The number of nitriles is 1. The number of urea groups is 1. The Labute approximate surface area is 209 Å². The molecule has 8 nitrogen and oxygen atoms in total. The van der Waals surface area contributed by atoms with Crippen molar-refractivity contribution in [3.63, 3.8) is 0 Å². The maximum absolute atomic E-state index is 13.3. The Morgan fingerprint density at radius 2 is 2.09 bits per heavy atom. The number of aromatic nitrogens is 2. The van der Waals surface area contributed by atoms with Gasteiger partial charge in [0.2, 0.25) is 5.82 Å². The van der Waals surface area contributed by atoms with E-state index in [2.05, 4.69) is 27.8 Å². The summed E-state index contributed by atoms with van der Waals surface area (Å²) in [6, 6.07) is 7.89. The Morgan fingerprint density at radius 1 is 1.29 bits per heavy atom. The van der Waals surface area contributed by atoms with Crippen LogP contribution in [0.15, 0.2) is 30.5 Å². The van der Waals surface area contributed by atoms with Crippen molar-refractivity contribution >= 4 is 35.5 Å². The molecule has 2 aromatic rings. The molecular formula is C25H29FN6O2S. The number of piperidine rings is 1. The maximum Gasteiger partial charge on any atom is 0.317 e. The number of rotatable bonds is 6. The lowest BCUT2D eigenvalue weighted by molar-refractivity contribution is 0.101. The third kappa shape index (κ3) is 5.68. The van der Waals surface area contributed by atoms with Crippen molar-refractivity contribution in [2.75, 3.05) is 25.0 Å². The van der Waals surface area contributed by atoms with Gasteiger partial charge in [0.05, 0.1) is 6.20 Å². The Hall–Kier alpha value is -3.32. The number of carbonyl (C=O) groups excluding carboxylic acids is 2. The molecular weight excluding hydrogens is 467 g/mol. The number of anilines is 1. The first-order valence-corrected chi connectivity index (χ1v) is 12.7. The fourth-order valence-corrected chi connectivity index (χ4v) is 5.08. The molecule has 0 radical (unpaired) electrons. The van der Waals surface area contributed by atoms with Crippen LogP contribution >= 0.6 is 12.3 Å². The number of amides is 3. The number of nitrogens with zero attached hydrogens (tertiary/aromatic N) is 4. The van der Waals surface area contributed by atoms with Crippen LogP contribution in [0.5, 0.6) is 0 Å². The summed E-state index contributed by atoms with van der Waals surface area (Å²) < 4.78 is 14.2. The second-order valence-corrected chi connectivity index (χ2v) is 9.32. The molecule has 1 aliphatic heterocycles. The van der Waals surface area contributed by atoms with E-state index in [9.17, 15) is 13.5 Å². The van der Waals surface area contributed by atoms with E-state index in [1.165, 1.54) is 17.3 Å². The van der Waals surface area contributed by atoms with E-state index < -0.39 is 5.91 Å². The van der Waals surface area contributed by atoms with Crippen LogP contribution in [-0.4, -0.2) is 45.4 Å². The fraction of sp³-hybridized carbons (Fsp3) is 0.440. The van der Waals surface area contributed by atoms with Crippen LogP contribution in [0.2, 0.25) is 0 Å². The van der Waals surface area contributed by atoms with Gasteiger partial charge in [-0.2, -0.15) is 5.26 Å². The van der Waals surface area contributed by atoms with Crippen LogP contribution in [0.3, 0.4) is 0 Å². The molecule has 1 aliphatic carbocycles. The molecule has 1 aromatic carbocycles. The number of nitrogens with one attached hydrogen (secondary N) is 2. The highest BCUT2D eigenvalue weighted by molar-refractivity contribution is 7.92. The van der Waals surface area contributed by atoms with E-state index in [-0.39, 0.29) is 29.9 Å². The van der Waals surface area contributed by atoms with Crippen molar-refractivity contribution in [3.05, 3.63) is 53.1 Å². The van der Waals surface area contributed by atoms with Gasteiger partial charge in [0, 0.05) is 30.9 Å². The van der Waals surface area contributed by atoms with Crippen molar-refractivity contribution in [2.45, 2.75) is 51.4 Å². The molecule has 35 heavy (non-hydrogen) atoms. The lowest BCUT2D eigenvalue weighted by atomic mass is 9.85. The van der Waals surface area contributed by atoms with E-state index >= 15 is 0 Å². The number of benzene rings is 1. The normalized spacial score (nSPS) is 16.4. The van der Waals surface area contributed by atoms with Gasteiger partial charge in [0.15, 0.2) is 18.0 Å². The molecule has 10 heteroatoms. The molecule has 0 bridgehead atoms. The van der Waals surface area contributed by atoms with Crippen molar-refractivity contribution in [1.82, 2.24) is 19.2 Å². The molecule has 3 amide bonds. The first-order chi connectivity index (χ1) is 17.0. The molecule has 1 fully saturated rings. The van der Waals surface area contributed by atoms with Gasteiger partial charge >= 0.3 is 6.03 Å². The molecule has 1 saturated heterocycles. The molecule has 184 valence electrons. The number of likely N-dealkylation sites (tertiary alicyclic amines) is 1. The van der Waals surface area contributed by atoms with Crippen LogP contribution < -0.4 is 10.6 Å². The molecule has 2 aliphatic rings. The standard InChI is InChI=1S/C25H29FN6O2S/c1-2-28-25(34)31-12-10-17(11-13-31)19-8-9-22(21(14-19)18-6-4-3-5-7-18)30-24(33)23-29-20(15-27)16-32(23)35-26/h6,8-9,14,16-17H,2-5,7,10-13H2,1H3,(H,28,34)(H,30,33). The van der Waals surface area contributed by atoms with Crippen molar-refractivity contribution in [1.29, 1.82) is 5.26 Å². The van der Waals surface area contributed by atoms with E-state index in [1.54, 1.807) is 0 Å². The third-order valence-electron chi connectivity index (χ3n) is 6.58. The first kappa shape index (κ1) is 24.8. The maximum atomic E-state index is 13.3. The average molecular weight is 497 g/mol. The van der Waals surface area contributed by atoms with E-state index in [0.29, 0.717) is 31.2 Å². The topological polar surface area (TPSA) is 103 Å². The number of allylic oxidation sites excluding steroid dienone is 2. The Morgan fingerprint density at radius 3 is 2.74 bits per heavy atom. The van der Waals surface area contributed by atoms with Crippen LogP contribution in [0.1, 0.15) is 78.8 Å². The van der Waals surface area contributed by atoms with E-state index in [1.807, 2.05) is 30.0 Å². The highest BCUT2D eigenvalue weighted by Crippen LogP contribution is 2.36. The highest BCUT2D eigenvalue weighted by atomic mass is 32.2. The fourth-order valence-electron chi connectivity index (χ4n) is 4.75. The quantitative estimate of drug-likeness (QED) is 0.568. The number of hydrogen-bond donors (Lipinski definition) is 2. The number of imidazole rings is 1. The second kappa shape index (κ2) is 11.4. The van der Waals surface area contributed by atoms with Crippen LogP contribution in [0.4, 0.5) is 14.4 Å². The van der Waals surface area contributed by atoms with E-state index in [0.717, 1.165) is 48.1 Å². The number of halogens is 1. The minimum absolute atomic E-state index is 0.0126. The Balaban J connectivity index is 1.57. The van der Waals surface area contributed by atoms with Gasteiger partial charge in [-0.05, 0) is 74.6 Å². The lowest BCUT2D eigenvalue weighted by Gasteiger charge is -2.32. The monoisotopic (exact) mass is 496 g/mol. The van der Waals surface area contributed by atoms with Gasteiger partial charge in [-0.3, -0.25) is 4.79 Å². The molecule has 2 heterocycles.